The molecule has 1 aromatic heterocycles. The second kappa shape index (κ2) is 7.82. The quantitative estimate of drug-likeness (QED) is 0.564. The Morgan fingerprint density at radius 2 is 1.60 bits per heavy atom. The highest BCUT2D eigenvalue weighted by Crippen LogP contribution is 2.33. The maximum atomic E-state index is 12.3. The molecule has 0 atom stereocenters. The largest absolute Gasteiger partial charge is 0.573 e. The fraction of sp³-hybridized carbons (Fsp3) is 0.500. The maximum absolute atomic E-state index is 12.3. The van der Waals surface area contributed by atoms with Gasteiger partial charge in [-0.15, -0.1) is 13.2 Å². The van der Waals surface area contributed by atoms with Gasteiger partial charge in [0.05, 0.1) is 0 Å². The highest BCUT2D eigenvalue weighted by Gasteiger charge is 2.38. The van der Waals surface area contributed by atoms with E-state index >= 15 is 0 Å². The van der Waals surface area contributed by atoms with Crippen molar-refractivity contribution in [3.8, 4) is 5.75 Å². The third kappa shape index (κ3) is 5.88. The minimum Gasteiger partial charge on any atom is -0.406 e. The van der Waals surface area contributed by atoms with Gasteiger partial charge in [-0.2, -0.15) is 0 Å². The second-order valence-corrected chi connectivity index (χ2v) is 8.82. The minimum absolute atomic E-state index is 0.0392. The number of nitrogens with zero attached hydrogens (tertiary/aromatic N) is 2. The van der Waals surface area contributed by atoms with Gasteiger partial charge in [0.1, 0.15) is 17.8 Å². The normalized spacial score (nSPS) is 18.6. The number of aromatic nitrogens is 2. The minimum atomic E-state index is -4.73. The van der Waals surface area contributed by atoms with Crippen LogP contribution >= 0.6 is 0 Å². The van der Waals surface area contributed by atoms with Crippen LogP contribution in [0.2, 0.25) is 0 Å². The number of rotatable bonds is 5. The molecule has 1 aliphatic rings. The summed E-state index contributed by atoms with van der Waals surface area (Å²) in [5.41, 5.74) is 7.03. The van der Waals surface area contributed by atoms with Crippen molar-refractivity contribution in [1.29, 1.82) is 0 Å². The molecular formula is C20H27F3N6O. The summed E-state index contributed by atoms with van der Waals surface area (Å²) in [7, 11) is 0. The smallest absolute Gasteiger partial charge is 0.406 e. The number of halogens is 3. The molecule has 7 nitrogen and oxygen atoms in total. The Labute approximate surface area is 173 Å². The summed E-state index contributed by atoms with van der Waals surface area (Å²) < 4.78 is 40.8. The van der Waals surface area contributed by atoms with Gasteiger partial charge in [-0.05, 0) is 64.8 Å². The van der Waals surface area contributed by atoms with Crippen LogP contribution in [0.25, 0.3) is 0 Å². The maximum Gasteiger partial charge on any atom is 0.573 e. The lowest BCUT2D eigenvalue weighted by Gasteiger charge is -2.46. The lowest BCUT2D eigenvalue weighted by Crippen LogP contribution is -2.60. The fourth-order valence-electron chi connectivity index (χ4n) is 4.10. The van der Waals surface area contributed by atoms with Crippen LogP contribution in [-0.4, -0.2) is 33.5 Å². The van der Waals surface area contributed by atoms with Gasteiger partial charge >= 0.3 is 6.36 Å². The van der Waals surface area contributed by atoms with E-state index in [9.17, 15) is 13.2 Å². The third-order valence-electron chi connectivity index (χ3n) is 4.77. The van der Waals surface area contributed by atoms with Crippen LogP contribution in [0, 0.1) is 0 Å². The highest BCUT2D eigenvalue weighted by atomic mass is 19.4. The van der Waals surface area contributed by atoms with E-state index in [1.165, 1.54) is 30.6 Å². The average molecular weight is 424 g/mol. The van der Waals surface area contributed by atoms with Crippen LogP contribution in [0.1, 0.15) is 40.5 Å². The van der Waals surface area contributed by atoms with Crippen molar-refractivity contribution < 1.29 is 17.9 Å². The molecule has 3 rings (SSSR count). The summed E-state index contributed by atoms with van der Waals surface area (Å²) in [6, 6.07) is 5.50. The van der Waals surface area contributed by atoms with Crippen LogP contribution in [0.5, 0.6) is 5.75 Å². The molecule has 1 aliphatic heterocycles. The number of hydrogen-bond donors (Lipinski definition) is 4. The van der Waals surface area contributed by atoms with E-state index in [1.807, 2.05) is 0 Å². The first-order valence-corrected chi connectivity index (χ1v) is 9.61. The number of piperidine rings is 1. The zero-order chi connectivity index (χ0) is 22.2. The average Bonchev–Trinajstić information content (AvgIpc) is 2.56. The number of benzene rings is 1. The third-order valence-corrected chi connectivity index (χ3v) is 4.77. The first-order chi connectivity index (χ1) is 13.8. The molecule has 164 valence electrons. The van der Waals surface area contributed by atoms with Crippen molar-refractivity contribution >= 4 is 23.0 Å². The molecule has 1 aromatic carbocycles. The molecule has 2 heterocycles. The summed E-state index contributed by atoms with van der Waals surface area (Å²) in [4.78, 5) is 8.43. The molecule has 0 aliphatic carbocycles. The van der Waals surface area contributed by atoms with Gasteiger partial charge in [-0.1, -0.05) is 0 Å². The van der Waals surface area contributed by atoms with E-state index in [0.717, 1.165) is 12.8 Å². The van der Waals surface area contributed by atoms with E-state index in [4.69, 9.17) is 5.73 Å². The molecule has 0 spiro atoms. The molecule has 5 N–H and O–H groups in total. The van der Waals surface area contributed by atoms with Crippen molar-refractivity contribution in [1.82, 2.24) is 15.3 Å². The van der Waals surface area contributed by atoms with Crippen LogP contribution in [0.3, 0.4) is 0 Å². The number of nitrogens with two attached hydrogens (primary N) is 1. The zero-order valence-corrected chi connectivity index (χ0v) is 17.4. The molecule has 0 radical (unpaired) electrons. The first kappa shape index (κ1) is 21.9. The van der Waals surface area contributed by atoms with Gasteiger partial charge in [-0.3, -0.25) is 0 Å². The molecule has 10 heteroatoms. The lowest BCUT2D eigenvalue weighted by molar-refractivity contribution is -0.274. The molecule has 30 heavy (non-hydrogen) atoms. The molecule has 0 unspecified atom stereocenters. The SMILES string of the molecule is CC1(C)CC(Nc2ncnc(Nc3ccc(OC(F)(F)F)cc3)c2N)CC(C)(C)N1. The number of nitrogens with one attached hydrogen (secondary N) is 3. The molecule has 0 saturated carbocycles. The van der Waals surface area contributed by atoms with Crippen molar-refractivity contribution in [3.05, 3.63) is 30.6 Å². The Morgan fingerprint density at radius 1 is 1.03 bits per heavy atom. The number of hydrogen-bond acceptors (Lipinski definition) is 7. The second-order valence-electron chi connectivity index (χ2n) is 8.82. The standard InChI is InChI=1S/C20H27F3N6O/c1-18(2)9-13(10-19(3,4)29-18)28-17-15(24)16(25-11-26-17)27-12-5-7-14(8-6-12)30-20(21,22)23/h5-8,11,13,29H,9-10,24H2,1-4H3,(H2,25,26,27,28). The first-order valence-electron chi connectivity index (χ1n) is 9.61. The van der Waals surface area contributed by atoms with Gasteiger partial charge in [0.2, 0.25) is 0 Å². The topological polar surface area (TPSA) is 97.1 Å². The van der Waals surface area contributed by atoms with E-state index in [2.05, 4.69) is 58.4 Å². The van der Waals surface area contributed by atoms with Crippen molar-refractivity contribution in [2.75, 3.05) is 16.4 Å². The van der Waals surface area contributed by atoms with Gasteiger partial charge in [0.15, 0.2) is 11.6 Å². The molecule has 2 aromatic rings. The van der Waals surface area contributed by atoms with Crippen molar-refractivity contribution in [2.24, 2.45) is 0 Å². The van der Waals surface area contributed by atoms with Gasteiger partial charge in [-0.25, -0.2) is 9.97 Å². The Bertz CT molecular complexity index is 867. The molecule has 0 amide bonds. The van der Waals surface area contributed by atoms with Gasteiger partial charge in [0, 0.05) is 22.8 Å². The number of anilines is 4. The Kier molecular flexibility index (Phi) is 5.72. The van der Waals surface area contributed by atoms with Crippen molar-refractivity contribution in [3.63, 3.8) is 0 Å². The van der Waals surface area contributed by atoms with Gasteiger partial charge < -0.3 is 26.4 Å². The monoisotopic (exact) mass is 424 g/mol. The van der Waals surface area contributed by atoms with Crippen LogP contribution in [0.15, 0.2) is 30.6 Å². The Morgan fingerprint density at radius 3 is 2.17 bits per heavy atom. The number of ether oxygens (including phenoxy) is 1. The fourth-order valence-corrected chi connectivity index (χ4v) is 4.10. The van der Waals surface area contributed by atoms with Crippen LogP contribution in [-0.2, 0) is 0 Å². The predicted molar refractivity (Wildman–Crippen MR) is 111 cm³/mol. The molecule has 1 fully saturated rings. The summed E-state index contributed by atoms with van der Waals surface area (Å²) >= 11 is 0. The van der Waals surface area contributed by atoms with E-state index in [0.29, 0.717) is 23.0 Å². The van der Waals surface area contributed by atoms with Gasteiger partial charge in [0.25, 0.3) is 0 Å². The number of alkyl halides is 3. The Balaban J connectivity index is 1.72. The van der Waals surface area contributed by atoms with Crippen molar-refractivity contribution in [2.45, 2.75) is 64.0 Å². The number of nitrogen functional groups attached to an aromatic ring is 1. The van der Waals surface area contributed by atoms with E-state index < -0.39 is 6.36 Å². The molecular weight excluding hydrogens is 397 g/mol. The predicted octanol–water partition coefficient (Wildman–Crippen LogP) is 4.42. The van der Waals surface area contributed by atoms with Crippen LogP contribution in [0.4, 0.5) is 36.2 Å². The Hall–Kier alpha value is -2.75. The zero-order valence-electron chi connectivity index (χ0n) is 17.4. The van der Waals surface area contributed by atoms with E-state index in [-0.39, 0.29) is 22.9 Å². The lowest BCUT2D eigenvalue weighted by atomic mass is 9.79. The summed E-state index contributed by atoms with van der Waals surface area (Å²) in [6.07, 6.45) is -1.56. The summed E-state index contributed by atoms with van der Waals surface area (Å²) in [6.45, 7) is 8.63. The summed E-state index contributed by atoms with van der Waals surface area (Å²) in [5.74, 6) is 0.578. The van der Waals surface area contributed by atoms with E-state index in [1.54, 1.807) is 0 Å². The summed E-state index contributed by atoms with van der Waals surface area (Å²) in [5, 5.41) is 10.1. The van der Waals surface area contributed by atoms with Crippen LogP contribution < -0.4 is 26.4 Å². The molecule has 1 saturated heterocycles. The molecule has 0 bridgehead atoms. The highest BCUT2D eigenvalue weighted by molar-refractivity contribution is 5.77.